The summed E-state index contributed by atoms with van der Waals surface area (Å²) in [5.74, 6) is 0.843. The molecule has 3 aromatic rings. The van der Waals surface area contributed by atoms with Crippen molar-refractivity contribution in [1.29, 1.82) is 0 Å². The minimum Gasteiger partial charge on any atom is -0.261 e. The maximum absolute atomic E-state index is 10.5. The van der Waals surface area contributed by atoms with Crippen LogP contribution in [0.15, 0.2) is 53.9 Å². The van der Waals surface area contributed by atoms with Crippen LogP contribution in [0.2, 0.25) is 0 Å². The van der Waals surface area contributed by atoms with E-state index in [0.29, 0.717) is 11.6 Å². The summed E-state index contributed by atoms with van der Waals surface area (Å²) in [5, 5.41) is 15.4. The number of benzene rings is 1. The second kappa shape index (κ2) is 5.92. The van der Waals surface area contributed by atoms with E-state index in [-0.39, 0.29) is 5.69 Å². The van der Waals surface area contributed by atoms with Crippen molar-refractivity contribution in [2.24, 2.45) is 5.10 Å². The van der Waals surface area contributed by atoms with Crippen molar-refractivity contribution < 1.29 is 4.92 Å². The standard InChI is InChI=1S/C14H10N6O2/c21-20(22)11-5-6-13(16-8-11)19-17-9-14-15-7-10-3-1-2-4-12(10)18-14/h1-9H,(H,16,19). The van der Waals surface area contributed by atoms with Gasteiger partial charge in [-0.05, 0) is 12.1 Å². The average molecular weight is 294 g/mol. The van der Waals surface area contributed by atoms with Crippen LogP contribution in [0.1, 0.15) is 5.82 Å². The average Bonchev–Trinajstić information content (AvgIpc) is 2.55. The van der Waals surface area contributed by atoms with Crippen molar-refractivity contribution in [2.75, 3.05) is 5.43 Å². The van der Waals surface area contributed by atoms with E-state index in [1.54, 1.807) is 6.20 Å². The fraction of sp³-hybridized carbons (Fsp3) is 0. The van der Waals surface area contributed by atoms with Crippen molar-refractivity contribution in [2.45, 2.75) is 0 Å². The molecule has 0 saturated heterocycles. The molecule has 0 atom stereocenters. The molecule has 3 rings (SSSR count). The summed E-state index contributed by atoms with van der Waals surface area (Å²) >= 11 is 0. The van der Waals surface area contributed by atoms with Gasteiger partial charge in [-0.15, -0.1) is 0 Å². The Bertz CT molecular complexity index is 847. The van der Waals surface area contributed by atoms with Crippen LogP contribution in [-0.4, -0.2) is 26.1 Å². The fourth-order valence-electron chi connectivity index (χ4n) is 1.77. The molecule has 0 radical (unpaired) electrons. The Balaban J connectivity index is 1.71. The molecule has 0 aliphatic rings. The molecule has 1 aromatic carbocycles. The van der Waals surface area contributed by atoms with Gasteiger partial charge in [0.25, 0.3) is 5.69 Å². The number of hydrogen-bond acceptors (Lipinski definition) is 7. The predicted molar refractivity (Wildman–Crippen MR) is 81.6 cm³/mol. The molecule has 0 amide bonds. The van der Waals surface area contributed by atoms with E-state index in [4.69, 9.17) is 0 Å². The predicted octanol–water partition coefficient (Wildman–Crippen LogP) is 2.38. The van der Waals surface area contributed by atoms with Gasteiger partial charge < -0.3 is 0 Å². The number of anilines is 1. The van der Waals surface area contributed by atoms with Crippen LogP contribution in [0.4, 0.5) is 11.5 Å². The molecule has 0 unspecified atom stereocenters. The monoisotopic (exact) mass is 294 g/mol. The molecule has 0 spiro atoms. The number of aromatic nitrogens is 3. The molecule has 22 heavy (non-hydrogen) atoms. The molecule has 1 N–H and O–H groups in total. The summed E-state index contributed by atoms with van der Waals surface area (Å²) < 4.78 is 0. The van der Waals surface area contributed by atoms with E-state index >= 15 is 0 Å². The molecule has 0 saturated carbocycles. The number of hydrogen-bond donors (Lipinski definition) is 1. The third-order valence-corrected chi connectivity index (χ3v) is 2.83. The van der Waals surface area contributed by atoms with E-state index in [0.717, 1.165) is 17.1 Å². The first kappa shape index (κ1) is 13.6. The molecule has 8 heteroatoms. The van der Waals surface area contributed by atoms with Gasteiger partial charge in [-0.2, -0.15) is 5.10 Å². The van der Waals surface area contributed by atoms with E-state index in [1.165, 1.54) is 18.3 Å². The third kappa shape index (κ3) is 3.01. The molecule has 0 aliphatic carbocycles. The van der Waals surface area contributed by atoms with Crippen molar-refractivity contribution in [3.63, 3.8) is 0 Å². The van der Waals surface area contributed by atoms with E-state index in [1.807, 2.05) is 24.3 Å². The first-order chi connectivity index (χ1) is 10.7. The maximum atomic E-state index is 10.5. The van der Waals surface area contributed by atoms with E-state index in [9.17, 15) is 10.1 Å². The van der Waals surface area contributed by atoms with Crippen LogP contribution in [0.5, 0.6) is 0 Å². The minimum atomic E-state index is -0.511. The number of nitrogens with one attached hydrogen (secondary N) is 1. The first-order valence-electron chi connectivity index (χ1n) is 6.34. The minimum absolute atomic E-state index is 0.0765. The molecule has 0 fully saturated rings. The summed E-state index contributed by atoms with van der Waals surface area (Å²) in [6.45, 7) is 0. The van der Waals surface area contributed by atoms with Gasteiger partial charge in [-0.1, -0.05) is 18.2 Å². The molecule has 2 aromatic heterocycles. The van der Waals surface area contributed by atoms with Crippen LogP contribution in [0.3, 0.4) is 0 Å². The van der Waals surface area contributed by atoms with Crippen LogP contribution < -0.4 is 5.43 Å². The number of nitrogens with zero attached hydrogens (tertiary/aromatic N) is 5. The van der Waals surface area contributed by atoms with Gasteiger partial charge in [0.15, 0.2) is 5.82 Å². The van der Waals surface area contributed by atoms with Crippen LogP contribution >= 0.6 is 0 Å². The topological polar surface area (TPSA) is 106 Å². The lowest BCUT2D eigenvalue weighted by atomic mass is 10.2. The Hall–Kier alpha value is -3.42. The van der Waals surface area contributed by atoms with Gasteiger partial charge in [0, 0.05) is 17.6 Å². The SMILES string of the molecule is O=[N+]([O-])c1ccc(NN=Cc2ncc3ccccc3n2)nc1. The highest BCUT2D eigenvalue weighted by Crippen LogP contribution is 2.12. The van der Waals surface area contributed by atoms with Gasteiger partial charge in [-0.25, -0.2) is 15.0 Å². The number of hydrazone groups is 1. The molecule has 0 aliphatic heterocycles. The molecular weight excluding hydrogens is 284 g/mol. The van der Waals surface area contributed by atoms with Gasteiger partial charge in [-0.3, -0.25) is 15.5 Å². The zero-order valence-electron chi connectivity index (χ0n) is 11.2. The van der Waals surface area contributed by atoms with Gasteiger partial charge in [0.1, 0.15) is 12.0 Å². The highest BCUT2D eigenvalue weighted by molar-refractivity contribution is 5.82. The Labute approximate surface area is 124 Å². The second-order valence-corrected chi connectivity index (χ2v) is 4.32. The molecular formula is C14H10N6O2. The number of pyridine rings is 1. The molecule has 108 valence electrons. The second-order valence-electron chi connectivity index (χ2n) is 4.32. The number of para-hydroxylation sites is 1. The van der Waals surface area contributed by atoms with Crippen molar-refractivity contribution >= 4 is 28.6 Å². The van der Waals surface area contributed by atoms with Gasteiger partial charge >= 0.3 is 0 Å². The summed E-state index contributed by atoms with van der Waals surface area (Å²) in [7, 11) is 0. The number of nitro groups is 1. The molecule has 0 bridgehead atoms. The number of rotatable bonds is 4. The van der Waals surface area contributed by atoms with Crippen molar-refractivity contribution in [3.8, 4) is 0 Å². The van der Waals surface area contributed by atoms with E-state index < -0.39 is 4.92 Å². The van der Waals surface area contributed by atoms with E-state index in [2.05, 4.69) is 25.5 Å². The van der Waals surface area contributed by atoms with Crippen molar-refractivity contribution in [1.82, 2.24) is 15.0 Å². The van der Waals surface area contributed by atoms with Gasteiger partial charge in [0.05, 0.1) is 16.7 Å². The third-order valence-electron chi connectivity index (χ3n) is 2.83. The Kier molecular flexibility index (Phi) is 3.65. The molecule has 8 nitrogen and oxygen atoms in total. The lowest BCUT2D eigenvalue weighted by molar-refractivity contribution is -0.385. The molecule has 2 heterocycles. The Morgan fingerprint density at radius 2 is 2.00 bits per heavy atom. The highest BCUT2D eigenvalue weighted by Gasteiger charge is 2.04. The van der Waals surface area contributed by atoms with Gasteiger partial charge in [0.2, 0.25) is 0 Å². The van der Waals surface area contributed by atoms with Crippen LogP contribution in [0.25, 0.3) is 10.9 Å². The quantitative estimate of drug-likeness (QED) is 0.450. The largest absolute Gasteiger partial charge is 0.287 e. The summed E-state index contributed by atoms with van der Waals surface area (Å²) in [6.07, 6.45) is 4.33. The summed E-state index contributed by atoms with van der Waals surface area (Å²) in [4.78, 5) is 22.4. The zero-order chi connectivity index (χ0) is 15.4. The lowest BCUT2D eigenvalue weighted by Gasteiger charge is -1.99. The van der Waals surface area contributed by atoms with Crippen LogP contribution in [-0.2, 0) is 0 Å². The number of fused-ring (bicyclic) bond motifs is 1. The maximum Gasteiger partial charge on any atom is 0.287 e. The Morgan fingerprint density at radius 3 is 2.77 bits per heavy atom. The normalized spacial score (nSPS) is 10.9. The van der Waals surface area contributed by atoms with Crippen molar-refractivity contribution in [3.05, 3.63) is 64.7 Å². The smallest absolute Gasteiger partial charge is 0.261 e. The Morgan fingerprint density at radius 1 is 1.14 bits per heavy atom. The van der Waals surface area contributed by atoms with Crippen LogP contribution in [0, 0.1) is 10.1 Å². The lowest BCUT2D eigenvalue weighted by Crippen LogP contribution is -1.98. The summed E-state index contributed by atoms with van der Waals surface area (Å²) in [6, 6.07) is 10.4. The summed E-state index contributed by atoms with van der Waals surface area (Å²) in [5.41, 5.74) is 3.41. The fourth-order valence-corrected chi connectivity index (χ4v) is 1.77. The highest BCUT2D eigenvalue weighted by atomic mass is 16.6. The zero-order valence-corrected chi connectivity index (χ0v) is 11.2. The first-order valence-corrected chi connectivity index (χ1v) is 6.34.